The maximum atomic E-state index is 11.4. The topological polar surface area (TPSA) is 44.8 Å². The molecule has 0 aliphatic rings. The molecule has 0 aromatic heterocycles. The van der Waals surface area contributed by atoms with Gasteiger partial charge in [0, 0.05) is 12.2 Å². The quantitative estimate of drug-likeness (QED) is 0.0838. The molecule has 4 nitrogen and oxygen atoms in total. The van der Waals surface area contributed by atoms with Crippen LogP contribution in [-0.2, 0) is 19.0 Å². The zero-order chi connectivity index (χ0) is 23.9. The Morgan fingerprint density at radius 1 is 0.656 bits per heavy atom. The van der Waals surface area contributed by atoms with Crippen molar-refractivity contribution in [2.75, 3.05) is 19.8 Å². The second kappa shape index (κ2) is 23.3. The van der Waals surface area contributed by atoms with Crippen LogP contribution >= 0.6 is 0 Å². The Kier molecular flexibility index (Phi) is 22.7. The van der Waals surface area contributed by atoms with Crippen molar-refractivity contribution < 1.29 is 19.0 Å². The first-order valence-electron chi connectivity index (χ1n) is 13.5. The second-order valence-corrected chi connectivity index (χ2v) is 9.51. The van der Waals surface area contributed by atoms with Gasteiger partial charge >= 0.3 is 5.97 Å². The molecule has 2 unspecified atom stereocenters. The molecule has 0 saturated carbocycles. The van der Waals surface area contributed by atoms with Crippen molar-refractivity contribution in [3.05, 3.63) is 12.2 Å². The van der Waals surface area contributed by atoms with Crippen LogP contribution in [-0.4, -0.2) is 38.0 Å². The maximum Gasteiger partial charge on any atom is 0.333 e. The number of ether oxygens (including phenoxy) is 3. The Balaban J connectivity index is 3.29. The van der Waals surface area contributed by atoms with Crippen LogP contribution in [0.4, 0.5) is 0 Å². The molecule has 0 amide bonds. The van der Waals surface area contributed by atoms with Crippen LogP contribution in [0.5, 0.6) is 0 Å². The first-order valence-corrected chi connectivity index (χ1v) is 13.5. The highest BCUT2D eigenvalue weighted by Gasteiger charge is 2.10. The van der Waals surface area contributed by atoms with Crippen LogP contribution in [0.3, 0.4) is 0 Å². The van der Waals surface area contributed by atoms with Crippen LogP contribution in [0.15, 0.2) is 12.2 Å². The van der Waals surface area contributed by atoms with E-state index in [4.69, 9.17) is 14.2 Å². The second-order valence-electron chi connectivity index (χ2n) is 9.51. The molecule has 0 rings (SSSR count). The van der Waals surface area contributed by atoms with E-state index in [1.165, 1.54) is 96.3 Å². The smallest absolute Gasteiger partial charge is 0.333 e. The molecule has 32 heavy (non-hydrogen) atoms. The van der Waals surface area contributed by atoms with E-state index >= 15 is 0 Å². The Morgan fingerprint density at radius 2 is 1.06 bits per heavy atom. The minimum atomic E-state index is -0.367. The summed E-state index contributed by atoms with van der Waals surface area (Å²) in [5.41, 5.74) is 0.410. The SMILES string of the molecule is C=C(C)C(=O)OCC(C)OCC(C)OCCCCCCCCCCCCCCCCCC. The van der Waals surface area contributed by atoms with Gasteiger partial charge in [0.1, 0.15) is 6.61 Å². The van der Waals surface area contributed by atoms with E-state index in [1.54, 1.807) is 6.92 Å². The van der Waals surface area contributed by atoms with Gasteiger partial charge in [0.2, 0.25) is 0 Å². The minimum Gasteiger partial charge on any atom is -0.460 e. The van der Waals surface area contributed by atoms with Gasteiger partial charge in [-0.3, -0.25) is 0 Å². The predicted octanol–water partition coefficient (Wildman–Crippen LogP) is 8.18. The Bertz CT molecular complexity index is 435. The summed E-state index contributed by atoms with van der Waals surface area (Å²) in [6.45, 7) is 13.0. The van der Waals surface area contributed by atoms with Gasteiger partial charge in [0.15, 0.2) is 0 Å². The zero-order valence-electron chi connectivity index (χ0n) is 21.9. The summed E-state index contributed by atoms with van der Waals surface area (Å²) >= 11 is 0. The predicted molar refractivity (Wildman–Crippen MR) is 136 cm³/mol. The van der Waals surface area contributed by atoms with Crippen molar-refractivity contribution in [3.63, 3.8) is 0 Å². The van der Waals surface area contributed by atoms with E-state index < -0.39 is 0 Å². The maximum absolute atomic E-state index is 11.4. The Hall–Kier alpha value is -0.870. The fourth-order valence-corrected chi connectivity index (χ4v) is 3.65. The fraction of sp³-hybridized carbons (Fsp3) is 0.893. The highest BCUT2D eigenvalue weighted by Crippen LogP contribution is 2.13. The van der Waals surface area contributed by atoms with E-state index in [2.05, 4.69) is 13.5 Å². The molecular formula is C28H54O4. The van der Waals surface area contributed by atoms with Gasteiger partial charge in [-0.2, -0.15) is 0 Å². The van der Waals surface area contributed by atoms with E-state index in [0.29, 0.717) is 12.2 Å². The van der Waals surface area contributed by atoms with Crippen molar-refractivity contribution in [2.45, 2.75) is 143 Å². The number of carbonyl (C=O) groups excluding carboxylic acids is 1. The van der Waals surface area contributed by atoms with Gasteiger partial charge in [-0.05, 0) is 27.2 Å². The number of unbranched alkanes of at least 4 members (excludes halogenated alkanes) is 15. The molecule has 0 saturated heterocycles. The zero-order valence-corrected chi connectivity index (χ0v) is 21.9. The van der Waals surface area contributed by atoms with Gasteiger partial charge in [0.05, 0.1) is 18.8 Å². The van der Waals surface area contributed by atoms with Gasteiger partial charge in [-0.1, -0.05) is 110 Å². The Morgan fingerprint density at radius 3 is 1.50 bits per heavy atom. The van der Waals surface area contributed by atoms with Crippen molar-refractivity contribution in [1.82, 2.24) is 0 Å². The molecule has 2 atom stereocenters. The molecular weight excluding hydrogens is 400 g/mol. The monoisotopic (exact) mass is 454 g/mol. The summed E-state index contributed by atoms with van der Waals surface area (Å²) in [6.07, 6.45) is 22.0. The fourth-order valence-electron chi connectivity index (χ4n) is 3.65. The Labute approximate surface area is 199 Å². The molecule has 0 heterocycles. The van der Waals surface area contributed by atoms with Gasteiger partial charge in [-0.15, -0.1) is 0 Å². The van der Waals surface area contributed by atoms with Crippen LogP contribution in [0.25, 0.3) is 0 Å². The number of esters is 1. The molecule has 0 bridgehead atoms. The highest BCUT2D eigenvalue weighted by molar-refractivity contribution is 5.86. The van der Waals surface area contributed by atoms with E-state index in [-0.39, 0.29) is 24.8 Å². The van der Waals surface area contributed by atoms with Crippen LogP contribution in [0.1, 0.15) is 130 Å². The van der Waals surface area contributed by atoms with Crippen molar-refractivity contribution in [2.24, 2.45) is 0 Å². The first kappa shape index (κ1) is 31.1. The summed E-state index contributed by atoms with van der Waals surface area (Å²) in [6, 6.07) is 0. The third-order valence-electron chi connectivity index (χ3n) is 5.81. The lowest BCUT2D eigenvalue weighted by Gasteiger charge is -2.17. The molecule has 0 aliphatic heterocycles. The first-order chi connectivity index (χ1) is 15.5. The van der Waals surface area contributed by atoms with Crippen molar-refractivity contribution in [1.29, 1.82) is 0 Å². The average molecular weight is 455 g/mol. The summed E-state index contributed by atoms with van der Waals surface area (Å²) < 4.78 is 16.6. The van der Waals surface area contributed by atoms with Crippen LogP contribution in [0.2, 0.25) is 0 Å². The van der Waals surface area contributed by atoms with Crippen LogP contribution in [0, 0.1) is 0 Å². The number of carbonyl (C=O) groups is 1. The lowest BCUT2D eigenvalue weighted by molar-refractivity contribution is -0.143. The molecule has 4 heteroatoms. The minimum absolute atomic E-state index is 0.0608. The van der Waals surface area contributed by atoms with Crippen molar-refractivity contribution in [3.8, 4) is 0 Å². The number of rotatable bonds is 24. The lowest BCUT2D eigenvalue weighted by atomic mass is 10.0. The molecule has 0 N–H and O–H groups in total. The summed E-state index contributed by atoms with van der Waals surface area (Å²) in [5.74, 6) is -0.367. The standard InChI is InChI=1S/C28H54O4/c1-6-7-8-9-10-11-12-13-14-15-16-17-18-19-20-21-22-30-26(4)23-31-27(5)24-32-28(29)25(2)3/h26-27H,2,6-24H2,1,3-5H3. The highest BCUT2D eigenvalue weighted by atomic mass is 16.6. The van der Waals surface area contributed by atoms with E-state index in [0.717, 1.165) is 13.0 Å². The molecule has 0 aromatic carbocycles. The average Bonchev–Trinajstić information content (AvgIpc) is 2.77. The largest absolute Gasteiger partial charge is 0.460 e. The molecule has 0 radical (unpaired) electrons. The molecule has 0 aliphatic carbocycles. The summed E-state index contributed by atoms with van der Waals surface area (Å²) in [5, 5.41) is 0. The summed E-state index contributed by atoms with van der Waals surface area (Å²) in [7, 11) is 0. The van der Waals surface area contributed by atoms with Gasteiger partial charge in [-0.25, -0.2) is 4.79 Å². The molecule has 0 aromatic rings. The van der Waals surface area contributed by atoms with Gasteiger partial charge < -0.3 is 14.2 Å². The number of hydrogen-bond acceptors (Lipinski definition) is 4. The molecule has 0 spiro atoms. The normalized spacial score (nSPS) is 13.1. The molecule has 190 valence electrons. The van der Waals surface area contributed by atoms with Crippen molar-refractivity contribution >= 4 is 5.97 Å². The van der Waals surface area contributed by atoms with Gasteiger partial charge in [0.25, 0.3) is 0 Å². The number of hydrogen-bond donors (Lipinski definition) is 0. The third-order valence-corrected chi connectivity index (χ3v) is 5.81. The van der Waals surface area contributed by atoms with Crippen LogP contribution < -0.4 is 0 Å². The summed E-state index contributed by atoms with van der Waals surface area (Å²) in [4.78, 5) is 11.4. The lowest BCUT2D eigenvalue weighted by Crippen LogP contribution is -2.25. The third kappa shape index (κ3) is 22.3. The molecule has 0 fully saturated rings. The van der Waals surface area contributed by atoms with E-state index in [1.807, 2.05) is 13.8 Å². The van der Waals surface area contributed by atoms with E-state index in [9.17, 15) is 4.79 Å².